The van der Waals surface area contributed by atoms with Gasteiger partial charge in [0.1, 0.15) is 0 Å². The van der Waals surface area contributed by atoms with E-state index < -0.39 is 0 Å². The Balaban J connectivity index is 1.91. The van der Waals surface area contributed by atoms with Crippen LogP contribution >= 0.6 is 0 Å². The van der Waals surface area contributed by atoms with Gasteiger partial charge in [0.25, 0.3) is 0 Å². The van der Waals surface area contributed by atoms with Gasteiger partial charge in [0, 0.05) is 9.52 Å². The number of fused-ring (bicyclic) bond motifs is 1. The molecule has 0 N–H and O–H groups in total. The Morgan fingerprint density at radius 2 is 2.06 bits per heavy atom. The standard InChI is InChI=1S/C15H22Si/c1-2-3-4-5-8-13-11-16-12-14-9-6-7-10-15(13)14/h6-7,9-10,13H,2-5,8,11-12H2,1H3/t13-/m0/s1. The number of benzene rings is 1. The first-order valence-corrected chi connectivity index (χ1v) is 8.11. The molecule has 1 aliphatic heterocycles. The van der Waals surface area contributed by atoms with Crippen molar-refractivity contribution in [3.8, 4) is 0 Å². The fourth-order valence-electron chi connectivity index (χ4n) is 2.66. The van der Waals surface area contributed by atoms with Crippen LogP contribution in [-0.2, 0) is 6.04 Å². The molecule has 0 nitrogen and oxygen atoms in total. The van der Waals surface area contributed by atoms with Crippen molar-refractivity contribution in [1.82, 2.24) is 0 Å². The van der Waals surface area contributed by atoms with Crippen LogP contribution in [0.1, 0.15) is 56.1 Å². The number of rotatable bonds is 5. The van der Waals surface area contributed by atoms with Gasteiger partial charge in [-0.05, 0) is 29.5 Å². The molecule has 1 atom stereocenters. The molecule has 0 saturated heterocycles. The SMILES string of the molecule is CCCCCC[C@H]1C[Si]Cc2ccccc21. The maximum Gasteiger partial charge on any atom is 0.0435 e. The molecular weight excluding hydrogens is 208 g/mol. The van der Waals surface area contributed by atoms with Crippen LogP contribution < -0.4 is 0 Å². The van der Waals surface area contributed by atoms with E-state index in [1.54, 1.807) is 11.1 Å². The summed E-state index contributed by atoms with van der Waals surface area (Å²) in [6, 6.07) is 11.9. The molecular formula is C15H22Si. The summed E-state index contributed by atoms with van der Waals surface area (Å²) in [5, 5.41) is 0. The van der Waals surface area contributed by atoms with Gasteiger partial charge in [-0.3, -0.25) is 0 Å². The van der Waals surface area contributed by atoms with Gasteiger partial charge in [-0.2, -0.15) is 0 Å². The highest BCUT2D eigenvalue weighted by Gasteiger charge is 2.19. The zero-order valence-corrected chi connectivity index (χ0v) is 11.3. The van der Waals surface area contributed by atoms with E-state index >= 15 is 0 Å². The first-order chi connectivity index (χ1) is 7.92. The average molecular weight is 230 g/mol. The molecule has 1 aromatic rings. The lowest BCUT2D eigenvalue weighted by Crippen LogP contribution is -2.14. The Hall–Kier alpha value is -0.563. The summed E-state index contributed by atoms with van der Waals surface area (Å²) in [5.74, 6) is 0.875. The van der Waals surface area contributed by atoms with Crippen LogP contribution in [0.4, 0.5) is 0 Å². The van der Waals surface area contributed by atoms with Crippen LogP contribution in [0, 0.1) is 0 Å². The van der Waals surface area contributed by atoms with E-state index in [4.69, 9.17) is 0 Å². The highest BCUT2D eigenvalue weighted by molar-refractivity contribution is 6.35. The van der Waals surface area contributed by atoms with Crippen LogP contribution in [0.15, 0.2) is 24.3 Å². The molecule has 16 heavy (non-hydrogen) atoms. The lowest BCUT2D eigenvalue weighted by atomic mass is 9.91. The van der Waals surface area contributed by atoms with Crippen molar-refractivity contribution in [1.29, 1.82) is 0 Å². The summed E-state index contributed by atoms with van der Waals surface area (Å²) in [6.45, 7) is 2.29. The third kappa shape index (κ3) is 2.97. The molecule has 0 aliphatic carbocycles. The summed E-state index contributed by atoms with van der Waals surface area (Å²) in [7, 11) is 1.16. The lowest BCUT2D eigenvalue weighted by molar-refractivity contribution is 0.573. The molecule has 0 aromatic heterocycles. The van der Waals surface area contributed by atoms with Gasteiger partial charge in [-0.25, -0.2) is 0 Å². The number of hydrogen-bond acceptors (Lipinski definition) is 0. The summed E-state index contributed by atoms with van der Waals surface area (Å²) >= 11 is 0. The second kappa shape index (κ2) is 6.24. The predicted molar refractivity (Wildman–Crippen MR) is 72.2 cm³/mol. The third-order valence-electron chi connectivity index (χ3n) is 3.61. The van der Waals surface area contributed by atoms with Crippen LogP contribution in [0.3, 0.4) is 0 Å². The van der Waals surface area contributed by atoms with E-state index in [9.17, 15) is 0 Å². The monoisotopic (exact) mass is 230 g/mol. The van der Waals surface area contributed by atoms with E-state index in [0.29, 0.717) is 0 Å². The number of unbranched alkanes of at least 4 members (excludes halogenated alkanes) is 3. The van der Waals surface area contributed by atoms with E-state index in [2.05, 4.69) is 31.2 Å². The second-order valence-corrected chi connectivity index (χ2v) is 6.14. The molecule has 0 amide bonds. The minimum atomic E-state index is 0.875. The highest BCUT2D eigenvalue weighted by atomic mass is 28.2. The minimum absolute atomic E-state index is 0.875. The van der Waals surface area contributed by atoms with E-state index in [-0.39, 0.29) is 0 Å². The molecule has 1 heteroatoms. The maximum atomic E-state index is 2.36. The molecule has 0 bridgehead atoms. The zero-order valence-electron chi connectivity index (χ0n) is 10.3. The summed E-state index contributed by atoms with van der Waals surface area (Å²) < 4.78 is 0. The Kier molecular flexibility index (Phi) is 4.65. The van der Waals surface area contributed by atoms with Crippen LogP contribution in [0.5, 0.6) is 0 Å². The molecule has 2 radical (unpaired) electrons. The van der Waals surface area contributed by atoms with Gasteiger partial charge < -0.3 is 0 Å². The van der Waals surface area contributed by atoms with Crippen LogP contribution in [-0.4, -0.2) is 9.52 Å². The van der Waals surface area contributed by atoms with Gasteiger partial charge in [0.15, 0.2) is 0 Å². The molecule has 0 fully saturated rings. The van der Waals surface area contributed by atoms with Crippen molar-refractivity contribution >= 4 is 9.52 Å². The van der Waals surface area contributed by atoms with Crippen molar-refractivity contribution < 1.29 is 0 Å². The molecule has 2 rings (SSSR count). The van der Waals surface area contributed by atoms with Crippen LogP contribution in [0.2, 0.25) is 6.04 Å². The van der Waals surface area contributed by atoms with Gasteiger partial charge >= 0.3 is 0 Å². The molecule has 86 valence electrons. The Labute approximate surface area is 102 Å². The van der Waals surface area contributed by atoms with Crippen molar-refractivity contribution in [3.63, 3.8) is 0 Å². The first kappa shape index (κ1) is 11.9. The molecule has 0 unspecified atom stereocenters. The van der Waals surface area contributed by atoms with E-state index in [1.807, 2.05) is 0 Å². The molecule has 1 aromatic carbocycles. The van der Waals surface area contributed by atoms with Crippen molar-refractivity contribution in [3.05, 3.63) is 35.4 Å². The van der Waals surface area contributed by atoms with Crippen LogP contribution in [0.25, 0.3) is 0 Å². The van der Waals surface area contributed by atoms with Crippen molar-refractivity contribution in [2.24, 2.45) is 0 Å². The van der Waals surface area contributed by atoms with Gasteiger partial charge in [-0.1, -0.05) is 62.9 Å². The Morgan fingerprint density at radius 1 is 1.19 bits per heavy atom. The summed E-state index contributed by atoms with van der Waals surface area (Å²) in [6.07, 6.45) is 7.04. The van der Waals surface area contributed by atoms with E-state index in [0.717, 1.165) is 15.4 Å². The molecule has 1 heterocycles. The largest absolute Gasteiger partial charge is 0.0654 e. The summed E-state index contributed by atoms with van der Waals surface area (Å²) in [4.78, 5) is 0. The predicted octanol–water partition coefficient (Wildman–Crippen LogP) is 4.38. The zero-order chi connectivity index (χ0) is 11.2. The van der Waals surface area contributed by atoms with Crippen molar-refractivity contribution in [2.75, 3.05) is 0 Å². The lowest BCUT2D eigenvalue weighted by Gasteiger charge is -2.25. The minimum Gasteiger partial charge on any atom is -0.0654 e. The maximum absolute atomic E-state index is 2.36. The summed E-state index contributed by atoms with van der Waals surface area (Å²) in [5.41, 5.74) is 3.30. The molecule has 0 spiro atoms. The third-order valence-corrected chi connectivity index (χ3v) is 5.02. The fraction of sp³-hybridized carbons (Fsp3) is 0.600. The fourth-order valence-corrected chi connectivity index (χ4v) is 4.17. The van der Waals surface area contributed by atoms with Gasteiger partial charge in [0.2, 0.25) is 0 Å². The highest BCUT2D eigenvalue weighted by Crippen LogP contribution is 2.32. The van der Waals surface area contributed by atoms with Gasteiger partial charge in [0.05, 0.1) is 0 Å². The van der Waals surface area contributed by atoms with Crippen molar-refractivity contribution in [2.45, 2.75) is 57.0 Å². The van der Waals surface area contributed by atoms with Gasteiger partial charge in [-0.15, -0.1) is 0 Å². The topological polar surface area (TPSA) is 0 Å². The first-order valence-electron chi connectivity index (χ1n) is 6.70. The Morgan fingerprint density at radius 3 is 2.94 bits per heavy atom. The normalized spacial score (nSPS) is 19.4. The second-order valence-electron chi connectivity index (χ2n) is 4.88. The number of hydrogen-bond donors (Lipinski definition) is 0. The Bertz CT molecular complexity index is 319. The smallest absolute Gasteiger partial charge is 0.0435 e. The quantitative estimate of drug-likeness (QED) is 0.520. The van der Waals surface area contributed by atoms with E-state index in [1.165, 1.54) is 44.2 Å². The molecule has 1 aliphatic rings. The molecule has 0 saturated carbocycles. The average Bonchev–Trinajstić information content (AvgIpc) is 2.35.